The molecule has 0 aromatic carbocycles. The molecule has 0 aliphatic heterocycles. The maximum atomic E-state index is 12.4. The zero-order valence-corrected chi connectivity index (χ0v) is 19.0. The van der Waals surface area contributed by atoms with E-state index in [4.69, 9.17) is 0 Å². The Bertz CT molecular complexity index is 379. The summed E-state index contributed by atoms with van der Waals surface area (Å²) in [6, 6.07) is 0. The molecule has 4 heteroatoms. The predicted octanol–water partition coefficient (Wildman–Crippen LogP) is 5.19. The summed E-state index contributed by atoms with van der Waals surface area (Å²) in [5.41, 5.74) is -0.923. The maximum Gasteiger partial charge on any atom is 0.152 e. The van der Waals surface area contributed by atoms with Crippen molar-refractivity contribution in [3.8, 4) is 0 Å². The molecular weight excluding hydrogens is 336 g/mol. The molecule has 0 saturated carbocycles. The first-order valence-electron chi connectivity index (χ1n) is 11.2. The van der Waals surface area contributed by atoms with Gasteiger partial charge in [-0.3, -0.25) is 9.59 Å². The zero-order valence-electron chi connectivity index (χ0n) is 19.0. The van der Waals surface area contributed by atoms with E-state index in [0.29, 0.717) is 24.4 Å². The fraction of sp³-hybridized carbons (Fsp3) is 0.913. The number of hydrogen-bond acceptors (Lipinski definition) is 4. The summed E-state index contributed by atoms with van der Waals surface area (Å²) in [4.78, 5) is 24.7. The number of carbonyl (C=O) groups is 2. The van der Waals surface area contributed by atoms with Crippen molar-refractivity contribution in [3.63, 3.8) is 0 Å². The molecule has 0 bridgehead atoms. The van der Waals surface area contributed by atoms with Gasteiger partial charge in [0.2, 0.25) is 0 Å². The molecule has 4 nitrogen and oxygen atoms in total. The van der Waals surface area contributed by atoms with Crippen molar-refractivity contribution in [1.82, 2.24) is 10.6 Å². The molecule has 0 rings (SSSR count). The second-order valence-electron chi connectivity index (χ2n) is 8.92. The highest BCUT2D eigenvalue weighted by Crippen LogP contribution is 2.13. The molecule has 0 heterocycles. The molecule has 0 atom stereocenters. The third-order valence-corrected chi connectivity index (χ3v) is 5.40. The fourth-order valence-electron chi connectivity index (χ4n) is 3.14. The largest absolute Gasteiger partial charge is 0.305 e. The van der Waals surface area contributed by atoms with E-state index in [9.17, 15) is 9.59 Å². The number of nitrogens with one attached hydrogen (secondary N) is 2. The van der Waals surface area contributed by atoms with E-state index in [2.05, 4.69) is 24.5 Å². The van der Waals surface area contributed by atoms with Gasteiger partial charge < -0.3 is 10.6 Å². The monoisotopic (exact) mass is 382 g/mol. The lowest BCUT2D eigenvalue weighted by molar-refractivity contribution is -0.124. The van der Waals surface area contributed by atoms with Crippen LogP contribution in [0.2, 0.25) is 0 Å². The minimum absolute atomic E-state index is 0.300. The summed E-state index contributed by atoms with van der Waals surface area (Å²) in [6.07, 6.45) is 11.3. The number of ketones is 2. The van der Waals surface area contributed by atoms with E-state index < -0.39 is 11.1 Å². The van der Waals surface area contributed by atoms with Gasteiger partial charge in [0.15, 0.2) is 11.6 Å². The number of carbonyl (C=O) groups excluding carboxylic acids is 2. The molecule has 27 heavy (non-hydrogen) atoms. The first kappa shape index (κ1) is 26.3. The molecule has 0 fully saturated rings. The van der Waals surface area contributed by atoms with E-state index in [1.54, 1.807) is 0 Å². The van der Waals surface area contributed by atoms with Crippen LogP contribution in [0.3, 0.4) is 0 Å². The van der Waals surface area contributed by atoms with Gasteiger partial charge in [-0.25, -0.2) is 0 Å². The number of unbranched alkanes of at least 4 members (excludes halogenated alkanes) is 6. The van der Waals surface area contributed by atoms with Crippen molar-refractivity contribution in [2.75, 3.05) is 13.1 Å². The molecule has 2 N–H and O–H groups in total. The highest BCUT2D eigenvalue weighted by molar-refractivity contribution is 5.87. The molecule has 0 unspecified atom stereocenters. The van der Waals surface area contributed by atoms with Gasteiger partial charge in [-0.1, -0.05) is 52.4 Å². The zero-order chi connectivity index (χ0) is 20.8. The fourth-order valence-corrected chi connectivity index (χ4v) is 3.14. The lowest BCUT2D eigenvalue weighted by atomic mass is 9.93. The summed E-state index contributed by atoms with van der Waals surface area (Å²) in [7, 11) is 0. The van der Waals surface area contributed by atoms with Crippen molar-refractivity contribution >= 4 is 11.6 Å². The van der Waals surface area contributed by atoms with Crippen LogP contribution in [0.4, 0.5) is 0 Å². The second kappa shape index (κ2) is 14.3. The lowest BCUT2D eigenvalue weighted by Crippen LogP contribution is -2.49. The van der Waals surface area contributed by atoms with E-state index in [1.807, 2.05) is 27.7 Å². The lowest BCUT2D eigenvalue weighted by Gasteiger charge is -2.27. The van der Waals surface area contributed by atoms with Gasteiger partial charge in [-0.2, -0.15) is 0 Å². The molecule has 0 aromatic heterocycles. The smallest absolute Gasteiger partial charge is 0.152 e. The molecular formula is C23H46N2O2. The Labute approximate surface area is 168 Å². The molecule has 0 radical (unpaired) electrons. The number of hydrogen-bond donors (Lipinski definition) is 2. The first-order chi connectivity index (χ1) is 12.7. The minimum Gasteiger partial charge on any atom is -0.305 e. The van der Waals surface area contributed by atoms with Crippen LogP contribution in [-0.2, 0) is 9.59 Å². The van der Waals surface area contributed by atoms with Crippen LogP contribution in [0.1, 0.15) is 112 Å². The molecule has 0 spiro atoms. The molecule has 0 aromatic rings. The SMILES string of the molecule is CCCCCCC(=O)C(C)(C)NCCCNC(C)(C)C(=O)CCCCCC. The van der Waals surface area contributed by atoms with E-state index >= 15 is 0 Å². The van der Waals surface area contributed by atoms with Crippen LogP contribution in [-0.4, -0.2) is 35.7 Å². The topological polar surface area (TPSA) is 58.2 Å². The highest BCUT2D eigenvalue weighted by atomic mass is 16.1. The quantitative estimate of drug-likeness (QED) is 0.320. The minimum atomic E-state index is -0.461. The number of Topliss-reactive ketones (excluding diaryl/α,β-unsaturated/α-hetero) is 2. The average molecular weight is 383 g/mol. The van der Waals surface area contributed by atoms with Gasteiger partial charge in [0.05, 0.1) is 11.1 Å². The Morgan fingerprint density at radius 2 is 0.963 bits per heavy atom. The third-order valence-electron chi connectivity index (χ3n) is 5.40. The van der Waals surface area contributed by atoms with Crippen molar-refractivity contribution in [3.05, 3.63) is 0 Å². The Hall–Kier alpha value is -0.740. The third kappa shape index (κ3) is 12.4. The van der Waals surface area contributed by atoms with Crippen molar-refractivity contribution in [2.45, 2.75) is 123 Å². The summed E-state index contributed by atoms with van der Waals surface area (Å²) in [5.74, 6) is 0.600. The summed E-state index contributed by atoms with van der Waals surface area (Å²) in [5, 5.41) is 6.78. The van der Waals surface area contributed by atoms with Crippen LogP contribution >= 0.6 is 0 Å². The standard InChI is InChI=1S/C23H46N2O2/c1-7-9-11-13-16-20(26)22(3,4)24-18-15-19-25-23(5,6)21(27)17-14-12-10-8-2/h24-25H,7-19H2,1-6H3. The van der Waals surface area contributed by atoms with E-state index in [0.717, 1.165) is 45.2 Å². The van der Waals surface area contributed by atoms with Crippen molar-refractivity contribution in [1.29, 1.82) is 0 Å². The van der Waals surface area contributed by atoms with E-state index in [-0.39, 0.29) is 0 Å². The molecule has 0 amide bonds. The Morgan fingerprint density at radius 3 is 1.30 bits per heavy atom. The molecule has 0 saturated heterocycles. The molecule has 0 aliphatic carbocycles. The van der Waals surface area contributed by atoms with Gasteiger partial charge in [0.25, 0.3) is 0 Å². The van der Waals surface area contributed by atoms with Crippen LogP contribution in [0.15, 0.2) is 0 Å². The second-order valence-corrected chi connectivity index (χ2v) is 8.92. The van der Waals surface area contributed by atoms with Gasteiger partial charge in [-0.05, 0) is 60.0 Å². The van der Waals surface area contributed by atoms with Crippen LogP contribution < -0.4 is 10.6 Å². The van der Waals surface area contributed by atoms with Crippen LogP contribution in [0, 0.1) is 0 Å². The normalized spacial score (nSPS) is 12.4. The Kier molecular flexibility index (Phi) is 13.9. The Morgan fingerprint density at radius 1 is 0.593 bits per heavy atom. The molecule has 160 valence electrons. The first-order valence-corrected chi connectivity index (χ1v) is 11.2. The van der Waals surface area contributed by atoms with Gasteiger partial charge in [-0.15, -0.1) is 0 Å². The average Bonchev–Trinajstić information content (AvgIpc) is 2.61. The van der Waals surface area contributed by atoms with E-state index in [1.165, 1.54) is 25.7 Å². The van der Waals surface area contributed by atoms with Gasteiger partial charge in [0, 0.05) is 12.8 Å². The highest BCUT2D eigenvalue weighted by Gasteiger charge is 2.27. The van der Waals surface area contributed by atoms with Gasteiger partial charge >= 0.3 is 0 Å². The summed E-state index contributed by atoms with van der Waals surface area (Å²) in [6.45, 7) is 13.8. The van der Waals surface area contributed by atoms with Gasteiger partial charge in [0.1, 0.15) is 0 Å². The van der Waals surface area contributed by atoms with Crippen LogP contribution in [0.5, 0.6) is 0 Å². The van der Waals surface area contributed by atoms with Crippen molar-refractivity contribution < 1.29 is 9.59 Å². The molecule has 0 aliphatic rings. The number of rotatable bonds is 18. The predicted molar refractivity (Wildman–Crippen MR) is 116 cm³/mol. The maximum absolute atomic E-state index is 12.4. The summed E-state index contributed by atoms with van der Waals surface area (Å²) >= 11 is 0. The Balaban J connectivity index is 4.00. The van der Waals surface area contributed by atoms with Crippen molar-refractivity contribution in [2.24, 2.45) is 0 Å². The van der Waals surface area contributed by atoms with Crippen LogP contribution in [0.25, 0.3) is 0 Å². The summed E-state index contributed by atoms with van der Waals surface area (Å²) < 4.78 is 0.